The molecule has 0 bridgehead atoms. The SMILES string of the molecule is Cc1c(N2CCC([C@H](C)NC(=O)O)C2)ccc2c(OCC3CCOCC3)cc(=O)n(C3CC3)c12. The zero-order valence-corrected chi connectivity index (χ0v) is 20.1. The van der Waals surface area contributed by atoms with E-state index in [1.165, 1.54) is 0 Å². The van der Waals surface area contributed by atoms with E-state index >= 15 is 0 Å². The van der Waals surface area contributed by atoms with Crippen LogP contribution in [0.5, 0.6) is 5.75 Å². The quantitative estimate of drug-likeness (QED) is 0.638. The molecule has 34 heavy (non-hydrogen) atoms. The Hall–Kier alpha value is -2.74. The van der Waals surface area contributed by atoms with Gasteiger partial charge in [0.1, 0.15) is 5.75 Å². The molecule has 1 amide bonds. The summed E-state index contributed by atoms with van der Waals surface area (Å²) in [5.74, 6) is 1.39. The lowest BCUT2D eigenvalue weighted by atomic mass is 10.0. The number of pyridine rings is 1. The van der Waals surface area contributed by atoms with Crippen molar-refractivity contribution in [2.24, 2.45) is 11.8 Å². The summed E-state index contributed by atoms with van der Waals surface area (Å²) in [6, 6.07) is 6.07. The minimum atomic E-state index is -0.977. The smallest absolute Gasteiger partial charge is 0.404 e. The summed E-state index contributed by atoms with van der Waals surface area (Å²) in [6.45, 7) is 7.86. The normalized spacial score (nSPS) is 22.2. The van der Waals surface area contributed by atoms with E-state index in [9.17, 15) is 9.59 Å². The van der Waals surface area contributed by atoms with Crippen molar-refractivity contribution in [3.8, 4) is 5.75 Å². The van der Waals surface area contributed by atoms with Crippen molar-refractivity contribution in [2.75, 3.05) is 37.8 Å². The molecule has 3 aliphatic rings. The highest BCUT2D eigenvalue weighted by molar-refractivity contribution is 5.92. The monoisotopic (exact) mass is 469 g/mol. The molecule has 1 aliphatic carbocycles. The first kappa shape index (κ1) is 23.0. The number of aromatic nitrogens is 1. The first-order valence-electron chi connectivity index (χ1n) is 12.6. The van der Waals surface area contributed by atoms with Crippen molar-refractivity contribution in [1.29, 1.82) is 0 Å². The van der Waals surface area contributed by atoms with E-state index in [-0.39, 0.29) is 23.6 Å². The first-order valence-corrected chi connectivity index (χ1v) is 12.6. The number of nitrogens with zero attached hydrogens (tertiary/aromatic N) is 2. The lowest BCUT2D eigenvalue weighted by molar-refractivity contribution is 0.0499. The minimum Gasteiger partial charge on any atom is -0.492 e. The van der Waals surface area contributed by atoms with Gasteiger partial charge in [0.2, 0.25) is 0 Å². The lowest BCUT2D eigenvalue weighted by Gasteiger charge is -2.26. The van der Waals surface area contributed by atoms with Crippen molar-refractivity contribution in [3.63, 3.8) is 0 Å². The van der Waals surface area contributed by atoms with Gasteiger partial charge in [-0.2, -0.15) is 0 Å². The molecule has 184 valence electrons. The van der Waals surface area contributed by atoms with Crippen LogP contribution in [0.2, 0.25) is 0 Å². The Bertz CT molecular complexity index is 1120. The molecule has 1 aromatic heterocycles. The summed E-state index contributed by atoms with van der Waals surface area (Å²) >= 11 is 0. The Balaban J connectivity index is 1.46. The van der Waals surface area contributed by atoms with Crippen molar-refractivity contribution >= 4 is 22.7 Å². The molecule has 8 heteroatoms. The number of fused-ring (bicyclic) bond motifs is 1. The largest absolute Gasteiger partial charge is 0.492 e. The number of aryl methyl sites for hydroxylation is 1. The van der Waals surface area contributed by atoms with Gasteiger partial charge in [0.25, 0.3) is 5.56 Å². The number of carbonyl (C=O) groups is 1. The van der Waals surface area contributed by atoms with E-state index in [4.69, 9.17) is 14.6 Å². The maximum atomic E-state index is 13.2. The first-order chi connectivity index (χ1) is 16.4. The molecule has 0 radical (unpaired) electrons. The predicted octanol–water partition coefficient (Wildman–Crippen LogP) is 3.93. The number of carboxylic acid groups (broad SMARTS) is 1. The highest BCUT2D eigenvalue weighted by Gasteiger charge is 2.32. The van der Waals surface area contributed by atoms with Crippen molar-refractivity contribution < 1.29 is 19.4 Å². The van der Waals surface area contributed by atoms with E-state index in [2.05, 4.69) is 29.3 Å². The highest BCUT2D eigenvalue weighted by atomic mass is 16.5. The fourth-order valence-electron chi connectivity index (χ4n) is 5.57. The molecule has 2 aliphatic heterocycles. The summed E-state index contributed by atoms with van der Waals surface area (Å²) in [6.07, 6.45) is 4.00. The molecular formula is C26H35N3O5. The molecular weight excluding hydrogens is 434 g/mol. The summed E-state index contributed by atoms with van der Waals surface area (Å²) in [4.78, 5) is 26.6. The molecule has 0 spiro atoms. The summed E-state index contributed by atoms with van der Waals surface area (Å²) in [7, 11) is 0. The van der Waals surface area contributed by atoms with Gasteiger partial charge in [-0.3, -0.25) is 4.79 Å². The number of ether oxygens (including phenoxy) is 2. The second kappa shape index (κ2) is 9.49. The van der Waals surface area contributed by atoms with E-state index < -0.39 is 6.09 Å². The van der Waals surface area contributed by atoms with Gasteiger partial charge < -0.3 is 29.4 Å². The number of amides is 1. The van der Waals surface area contributed by atoms with E-state index in [0.717, 1.165) is 80.6 Å². The van der Waals surface area contributed by atoms with Crippen LogP contribution < -0.4 is 20.5 Å². The minimum absolute atomic E-state index is 0.0100. The third-order valence-electron chi connectivity index (χ3n) is 7.75. The van der Waals surface area contributed by atoms with Crippen LogP contribution in [0.4, 0.5) is 10.5 Å². The topological polar surface area (TPSA) is 93.0 Å². The highest BCUT2D eigenvalue weighted by Crippen LogP contribution is 2.41. The fraction of sp³-hybridized carbons (Fsp3) is 0.615. The maximum absolute atomic E-state index is 13.2. The van der Waals surface area contributed by atoms with Crippen LogP contribution in [0.15, 0.2) is 23.0 Å². The van der Waals surface area contributed by atoms with Gasteiger partial charge in [-0.1, -0.05) is 0 Å². The molecule has 8 nitrogen and oxygen atoms in total. The number of nitrogens with one attached hydrogen (secondary N) is 1. The van der Waals surface area contributed by atoms with Crippen LogP contribution in [0.3, 0.4) is 0 Å². The summed E-state index contributed by atoms with van der Waals surface area (Å²) in [5, 5.41) is 12.7. The van der Waals surface area contributed by atoms with Crippen molar-refractivity contribution in [1.82, 2.24) is 9.88 Å². The van der Waals surface area contributed by atoms with Crippen molar-refractivity contribution in [3.05, 3.63) is 34.1 Å². The van der Waals surface area contributed by atoms with Crippen LogP contribution in [0.25, 0.3) is 10.9 Å². The number of hydrogen-bond donors (Lipinski definition) is 2. The van der Waals surface area contributed by atoms with Gasteiger partial charge in [-0.05, 0) is 75.5 Å². The molecule has 2 N–H and O–H groups in total. The molecule has 1 unspecified atom stereocenters. The Kier molecular flexibility index (Phi) is 6.42. The Morgan fingerprint density at radius 1 is 1.24 bits per heavy atom. The summed E-state index contributed by atoms with van der Waals surface area (Å²) < 4.78 is 13.7. The molecule has 5 rings (SSSR count). The molecule has 3 heterocycles. The van der Waals surface area contributed by atoms with Crippen LogP contribution in [-0.4, -0.2) is 54.7 Å². The lowest BCUT2D eigenvalue weighted by Crippen LogP contribution is -2.38. The van der Waals surface area contributed by atoms with E-state index in [1.54, 1.807) is 6.07 Å². The number of rotatable bonds is 7. The van der Waals surface area contributed by atoms with Crippen LogP contribution in [0.1, 0.15) is 50.6 Å². The maximum Gasteiger partial charge on any atom is 0.404 e. The van der Waals surface area contributed by atoms with Crippen LogP contribution >= 0.6 is 0 Å². The van der Waals surface area contributed by atoms with E-state index in [0.29, 0.717) is 18.3 Å². The average molecular weight is 470 g/mol. The van der Waals surface area contributed by atoms with Gasteiger partial charge >= 0.3 is 6.09 Å². The van der Waals surface area contributed by atoms with Gasteiger partial charge in [-0.25, -0.2) is 4.79 Å². The van der Waals surface area contributed by atoms with Gasteiger partial charge in [-0.15, -0.1) is 0 Å². The predicted molar refractivity (Wildman–Crippen MR) is 131 cm³/mol. The number of anilines is 1. The average Bonchev–Trinajstić information content (AvgIpc) is 3.53. The van der Waals surface area contributed by atoms with E-state index in [1.807, 2.05) is 11.5 Å². The summed E-state index contributed by atoms with van der Waals surface area (Å²) in [5.41, 5.74) is 3.20. The zero-order valence-electron chi connectivity index (χ0n) is 20.1. The second-order valence-electron chi connectivity index (χ2n) is 10.2. The Labute approximate surface area is 199 Å². The number of hydrogen-bond acceptors (Lipinski definition) is 5. The second-order valence-corrected chi connectivity index (χ2v) is 10.2. The fourth-order valence-corrected chi connectivity index (χ4v) is 5.57. The van der Waals surface area contributed by atoms with Gasteiger partial charge in [0, 0.05) is 55.5 Å². The third kappa shape index (κ3) is 4.60. The zero-order chi connectivity index (χ0) is 23.8. The third-order valence-corrected chi connectivity index (χ3v) is 7.75. The molecule has 1 saturated carbocycles. The van der Waals surface area contributed by atoms with Crippen LogP contribution in [-0.2, 0) is 4.74 Å². The molecule has 1 aromatic carbocycles. The number of benzene rings is 1. The molecule has 2 saturated heterocycles. The van der Waals surface area contributed by atoms with Crippen molar-refractivity contribution in [2.45, 2.75) is 58.0 Å². The Morgan fingerprint density at radius 3 is 2.71 bits per heavy atom. The molecule has 3 fully saturated rings. The molecule has 2 atom stereocenters. The standard InChI is InChI=1S/C26H35N3O5/c1-16-22(28-10-7-19(14-28)17(2)27-26(31)32)6-5-21-23(34-15-18-8-11-33-12-9-18)13-24(30)29(25(16)21)20-3-4-20/h5-6,13,17-20,27H,3-4,7-12,14-15H2,1-2H3,(H,31,32)/t17-,19?/m0/s1. The molecule has 2 aromatic rings. The van der Waals surface area contributed by atoms with Crippen LogP contribution in [0, 0.1) is 18.8 Å². The Morgan fingerprint density at radius 2 is 2.00 bits per heavy atom. The van der Waals surface area contributed by atoms with Gasteiger partial charge in [0.05, 0.1) is 12.1 Å². The van der Waals surface area contributed by atoms with Gasteiger partial charge in [0.15, 0.2) is 0 Å².